The van der Waals surface area contributed by atoms with Gasteiger partial charge in [-0.15, -0.1) is 0 Å². The zero-order chi connectivity index (χ0) is 32.6. The number of rotatable bonds is 18. The van der Waals surface area contributed by atoms with Gasteiger partial charge in [0.1, 0.15) is 0 Å². The molecule has 0 saturated heterocycles. The van der Waals surface area contributed by atoms with Crippen molar-refractivity contribution in [3.8, 4) is 0 Å². The fourth-order valence-electron chi connectivity index (χ4n) is 5.29. The van der Waals surface area contributed by atoms with Crippen molar-refractivity contribution in [2.75, 3.05) is 26.8 Å². The second kappa shape index (κ2) is 18.9. The normalized spacial score (nSPS) is 11.7. The van der Waals surface area contributed by atoms with Crippen LogP contribution in [-0.2, 0) is 45.0 Å². The zero-order valence-electron chi connectivity index (χ0n) is 26.8. The van der Waals surface area contributed by atoms with Crippen LogP contribution in [0.15, 0.2) is 103 Å². The van der Waals surface area contributed by atoms with Crippen molar-refractivity contribution in [2.24, 2.45) is 0 Å². The molecule has 4 rings (SSSR count). The van der Waals surface area contributed by atoms with Crippen LogP contribution in [0.2, 0.25) is 5.02 Å². The number of unbranched alkanes of at least 4 members (excludes halogenated alkanes) is 1. The summed E-state index contributed by atoms with van der Waals surface area (Å²) in [5, 5.41) is 0.676. The Bertz CT molecular complexity index is 1470. The molecule has 4 aromatic carbocycles. The van der Waals surface area contributed by atoms with Gasteiger partial charge in [-0.25, -0.2) is 4.79 Å². The second-order valence-electron chi connectivity index (χ2n) is 11.3. The number of aryl methyl sites for hydroxylation is 2. The lowest BCUT2D eigenvalue weighted by Crippen LogP contribution is -2.30. The molecule has 0 heterocycles. The summed E-state index contributed by atoms with van der Waals surface area (Å²) in [6, 6.07) is 34.5. The number of hydrogen-bond acceptors (Lipinski definition) is 6. The highest BCUT2D eigenvalue weighted by Gasteiger charge is 2.19. The number of benzene rings is 4. The van der Waals surface area contributed by atoms with Crippen molar-refractivity contribution in [3.63, 3.8) is 0 Å². The van der Waals surface area contributed by atoms with Gasteiger partial charge >= 0.3 is 11.9 Å². The molecular formula is C39H44ClNO5. The van der Waals surface area contributed by atoms with Crippen LogP contribution in [0.5, 0.6) is 0 Å². The minimum atomic E-state index is -0.359. The average molecular weight is 642 g/mol. The molecule has 0 spiro atoms. The molecule has 0 aromatic heterocycles. The highest BCUT2D eigenvalue weighted by Crippen LogP contribution is 2.24. The first-order valence-corrected chi connectivity index (χ1v) is 16.4. The third kappa shape index (κ3) is 11.8. The Morgan fingerprint density at radius 3 is 2.04 bits per heavy atom. The highest BCUT2D eigenvalue weighted by atomic mass is 35.5. The first-order chi connectivity index (χ1) is 22.4. The highest BCUT2D eigenvalue weighted by molar-refractivity contribution is 6.30. The van der Waals surface area contributed by atoms with E-state index in [9.17, 15) is 9.59 Å². The van der Waals surface area contributed by atoms with E-state index in [4.69, 9.17) is 25.8 Å². The molecule has 6 nitrogen and oxygen atoms in total. The number of nitrogens with zero attached hydrogens (tertiary/aromatic N) is 1. The predicted molar refractivity (Wildman–Crippen MR) is 183 cm³/mol. The minimum absolute atomic E-state index is 0.166. The number of esters is 2. The maximum Gasteiger partial charge on any atom is 0.337 e. The topological polar surface area (TPSA) is 65.1 Å². The van der Waals surface area contributed by atoms with E-state index < -0.39 is 0 Å². The van der Waals surface area contributed by atoms with Gasteiger partial charge in [0.25, 0.3) is 0 Å². The molecule has 1 atom stereocenters. The SMILES string of the molecule is CCOC(=O)CCCCN(Cc1ccc(C(=O)OC)cc1)CC(OCc1ccc(CCc2ccccc2)cc1)c1ccc(Cl)cc1. The van der Waals surface area contributed by atoms with Crippen molar-refractivity contribution in [3.05, 3.63) is 142 Å². The lowest BCUT2D eigenvalue weighted by atomic mass is 10.0. The molecule has 46 heavy (non-hydrogen) atoms. The van der Waals surface area contributed by atoms with E-state index in [0.717, 1.165) is 48.9 Å². The van der Waals surface area contributed by atoms with E-state index in [1.165, 1.54) is 18.2 Å². The minimum Gasteiger partial charge on any atom is -0.466 e. The quantitative estimate of drug-likeness (QED) is 0.0803. The van der Waals surface area contributed by atoms with Crippen molar-refractivity contribution < 1.29 is 23.8 Å². The van der Waals surface area contributed by atoms with Crippen LogP contribution in [0.25, 0.3) is 0 Å². The van der Waals surface area contributed by atoms with E-state index in [0.29, 0.717) is 43.3 Å². The molecule has 0 bridgehead atoms. The van der Waals surface area contributed by atoms with Gasteiger partial charge in [-0.1, -0.05) is 90.5 Å². The van der Waals surface area contributed by atoms with Crippen LogP contribution in [-0.4, -0.2) is 43.6 Å². The third-order valence-corrected chi connectivity index (χ3v) is 8.13. The maximum atomic E-state index is 12.0. The number of methoxy groups -OCH3 is 1. The van der Waals surface area contributed by atoms with E-state index in [-0.39, 0.29) is 18.0 Å². The summed E-state index contributed by atoms with van der Waals surface area (Å²) in [5.41, 5.74) is 6.38. The summed E-state index contributed by atoms with van der Waals surface area (Å²) < 4.78 is 16.6. The standard InChI is InChI=1S/C39H44ClNO5/c1-3-45-38(42)11-7-8-26-41(27-32-18-20-35(21-19-32)39(43)44-2)28-37(34-22-24-36(40)25-23-34)46-29-33-16-14-31(15-17-33)13-12-30-9-5-4-6-10-30/h4-6,9-10,14-25,37H,3,7-8,11-13,26-29H2,1-2H3. The van der Waals surface area contributed by atoms with Gasteiger partial charge in [0.15, 0.2) is 0 Å². The molecule has 0 aliphatic rings. The molecule has 7 heteroatoms. The Morgan fingerprint density at radius 1 is 0.761 bits per heavy atom. The van der Waals surface area contributed by atoms with Crippen LogP contribution in [0.3, 0.4) is 0 Å². The molecule has 0 aliphatic carbocycles. The molecule has 0 radical (unpaired) electrons. The third-order valence-electron chi connectivity index (χ3n) is 7.88. The zero-order valence-corrected chi connectivity index (χ0v) is 27.6. The lowest BCUT2D eigenvalue weighted by molar-refractivity contribution is -0.143. The van der Waals surface area contributed by atoms with Crippen LogP contribution in [0, 0.1) is 0 Å². The smallest absolute Gasteiger partial charge is 0.337 e. The largest absolute Gasteiger partial charge is 0.466 e. The van der Waals surface area contributed by atoms with Crippen molar-refractivity contribution in [1.82, 2.24) is 4.90 Å². The summed E-state index contributed by atoms with van der Waals surface area (Å²) in [4.78, 5) is 26.2. The van der Waals surface area contributed by atoms with Crippen LogP contribution in [0.4, 0.5) is 0 Å². The Labute approximate surface area is 278 Å². The first-order valence-electron chi connectivity index (χ1n) is 16.0. The van der Waals surface area contributed by atoms with Crippen LogP contribution in [0.1, 0.15) is 70.5 Å². The monoisotopic (exact) mass is 641 g/mol. The molecule has 0 aliphatic heterocycles. The maximum absolute atomic E-state index is 12.0. The lowest BCUT2D eigenvalue weighted by Gasteiger charge is -2.28. The van der Waals surface area contributed by atoms with Crippen LogP contribution < -0.4 is 0 Å². The Balaban J connectivity index is 1.44. The molecule has 242 valence electrons. The number of ether oxygens (including phenoxy) is 3. The van der Waals surface area contributed by atoms with Gasteiger partial charge in [-0.05, 0) is 91.2 Å². The van der Waals surface area contributed by atoms with Gasteiger partial charge in [0.2, 0.25) is 0 Å². The molecule has 4 aromatic rings. The Morgan fingerprint density at radius 2 is 1.39 bits per heavy atom. The van der Waals surface area contributed by atoms with Gasteiger partial charge in [-0.2, -0.15) is 0 Å². The van der Waals surface area contributed by atoms with Gasteiger partial charge in [-0.3, -0.25) is 9.69 Å². The van der Waals surface area contributed by atoms with Gasteiger partial charge < -0.3 is 14.2 Å². The van der Waals surface area contributed by atoms with Crippen molar-refractivity contribution in [1.29, 1.82) is 0 Å². The van der Waals surface area contributed by atoms with Crippen molar-refractivity contribution >= 4 is 23.5 Å². The number of carbonyl (C=O) groups excluding carboxylic acids is 2. The van der Waals surface area contributed by atoms with Crippen molar-refractivity contribution in [2.45, 2.75) is 58.3 Å². The van der Waals surface area contributed by atoms with E-state index >= 15 is 0 Å². The van der Waals surface area contributed by atoms with Crippen LogP contribution >= 0.6 is 11.6 Å². The van der Waals surface area contributed by atoms with E-state index in [2.05, 4.69) is 53.4 Å². The van der Waals surface area contributed by atoms with Gasteiger partial charge in [0.05, 0.1) is 32.0 Å². The second-order valence-corrected chi connectivity index (χ2v) is 11.8. The molecule has 0 fully saturated rings. The summed E-state index contributed by atoms with van der Waals surface area (Å²) >= 11 is 6.24. The Hall–Kier alpha value is -3.97. The van der Waals surface area contributed by atoms with Gasteiger partial charge in [0, 0.05) is 24.5 Å². The van der Waals surface area contributed by atoms with E-state index in [1.54, 1.807) is 12.1 Å². The molecule has 0 amide bonds. The molecule has 0 N–H and O–H groups in total. The first kappa shape index (κ1) is 34.9. The van der Waals surface area contributed by atoms with E-state index in [1.807, 2.05) is 49.4 Å². The molecular weight excluding hydrogens is 598 g/mol. The number of hydrogen-bond donors (Lipinski definition) is 0. The summed E-state index contributed by atoms with van der Waals surface area (Å²) in [7, 11) is 1.38. The summed E-state index contributed by atoms with van der Waals surface area (Å²) in [6.07, 6.45) is 3.75. The summed E-state index contributed by atoms with van der Waals surface area (Å²) in [5.74, 6) is -0.524. The number of halogens is 1. The number of carbonyl (C=O) groups is 2. The molecule has 0 saturated carbocycles. The predicted octanol–water partition coefficient (Wildman–Crippen LogP) is 8.41. The Kier molecular flexibility index (Phi) is 14.3. The molecule has 1 unspecified atom stereocenters. The fourth-order valence-corrected chi connectivity index (χ4v) is 5.42. The average Bonchev–Trinajstić information content (AvgIpc) is 3.09. The summed E-state index contributed by atoms with van der Waals surface area (Å²) in [6.45, 7) is 4.74. The fraction of sp³-hybridized carbons (Fsp3) is 0.333.